The first-order chi connectivity index (χ1) is 12.8. The van der Waals surface area contributed by atoms with Crippen molar-refractivity contribution in [3.05, 3.63) is 22.8 Å². The Morgan fingerprint density at radius 1 is 1.19 bits per heavy atom. The second-order valence-electron chi connectivity index (χ2n) is 10.0. The number of hydrogen-bond acceptors (Lipinski definition) is 3. The third-order valence-corrected chi connectivity index (χ3v) is 10.3. The summed E-state index contributed by atoms with van der Waals surface area (Å²) in [5.41, 5.74) is 3.98. The third kappa shape index (κ3) is 3.16. The van der Waals surface area contributed by atoms with Crippen LogP contribution in [0.25, 0.3) is 0 Å². The number of carbonyl (C=O) groups is 1. The van der Waals surface area contributed by atoms with Gasteiger partial charge in [0.1, 0.15) is 11.5 Å². The maximum absolute atomic E-state index is 13.0. The number of rotatable bonds is 3. The Morgan fingerprint density at radius 2 is 1.96 bits per heavy atom. The van der Waals surface area contributed by atoms with Crippen molar-refractivity contribution >= 4 is 16.1 Å². The van der Waals surface area contributed by atoms with E-state index in [-0.39, 0.29) is 22.3 Å². The molecule has 4 heteroatoms. The molecular formula is C23H34O3S. The molecule has 0 aromatic rings. The second kappa shape index (κ2) is 6.86. The predicted molar refractivity (Wildman–Crippen MR) is 109 cm³/mol. The van der Waals surface area contributed by atoms with E-state index in [0.717, 1.165) is 51.2 Å². The minimum absolute atomic E-state index is 0.100. The van der Waals surface area contributed by atoms with E-state index in [2.05, 4.69) is 26.8 Å². The van der Waals surface area contributed by atoms with Crippen molar-refractivity contribution in [1.29, 1.82) is 0 Å². The molecule has 0 aromatic heterocycles. The zero-order valence-electron chi connectivity index (χ0n) is 17.0. The minimum atomic E-state index is -3.08. The number of allylic oxidation sites excluding steroid dienone is 1. The van der Waals surface area contributed by atoms with Crippen LogP contribution in [0.1, 0.15) is 72.1 Å². The molecule has 3 nitrogen and oxygen atoms in total. The van der Waals surface area contributed by atoms with Crippen molar-refractivity contribution in [2.45, 2.75) is 77.4 Å². The number of sulfone groups is 1. The fourth-order valence-corrected chi connectivity index (χ4v) is 8.94. The van der Waals surface area contributed by atoms with Gasteiger partial charge in [-0.05, 0) is 80.1 Å². The van der Waals surface area contributed by atoms with Crippen LogP contribution in [0.4, 0.5) is 0 Å². The molecule has 6 atom stereocenters. The van der Waals surface area contributed by atoms with Crippen LogP contribution in [0.3, 0.4) is 0 Å². The van der Waals surface area contributed by atoms with Gasteiger partial charge in [0.05, 0.1) is 5.75 Å². The van der Waals surface area contributed by atoms with Gasteiger partial charge in [0.15, 0.2) is 9.84 Å². The highest BCUT2D eigenvalue weighted by molar-refractivity contribution is 7.92. The minimum Gasteiger partial charge on any atom is -0.303 e. The van der Waals surface area contributed by atoms with E-state index in [0.29, 0.717) is 17.8 Å². The molecule has 0 bridgehead atoms. The van der Waals surface area contributed by atoms with E-state index in [1.807, 2.05) is 0 Å². The fourth-order valence-electron chi connectivity index (χ4n) is 6.87. The Balaban J connectivity index is 1.67. The summed E-state index contributed by atoms with van der Waals surface area (Å²) >= 11 is 0. The highest BCUT2D eigenvalue weighted by Gasteiger charge is 2.51. The maximum atomic E-state index is 13.0. The Bertz CT molecular complexity index is 790. The summed E-state index contributed by atoms with van der Waals surface area (Å²) in [4.78, 5) is 11.4. The van der Waals surface area contributed by atoms with Crippen molar-refractivity contribution in [2.24, 2.45) is 29.1 Å². The monoisotopic (exact) mass is 390 g/mol. The topological polar surface area (TPSA) is 51.2 Å². The molecular weight excluding hydrogens is 356 g/mol. The van der Waals surface area contributed by atoms with Crippen molar-refractivity contribution in [2.75, 3.05) is 5.75 Å². The van der Waals surface area contributed by atoms with Crippen LogP contribution in [0, 0.1) is 29.1 Å². The molecule has 4 rings (SSSR count). The molecule has 0 spiro atoms. The van der Waals surface area contributed by atoms with Gasteiger partial charge < -0.3 is 4.79 Å². The van der Waals surface area contributed by atoms with Crippen LogP contribution in [0.15, 0.2) is 22.8 Å². The van der Waals surface area contributed by atoms with Crippen LogP contribution in [-0.4, -0.2) is 25.7 Å². The Labute approximate surface area is 164 Å². The van der Waals surface area contributed by atoms with Gasteiger partial charge in [-0.3, -0.25) is 0 Å². The maximum Gasteiger partial charge on any atom is 0.164 e. The van der Waals surface area contributed by atoms with E-state index in [4.69, 9.17) is 0 Å². The molecule has 2 fully saturated rings. The highest BCUT2D eigenvalue weighted by atomic mass is 32.2. The molecule has 4 aliphatic rings. The van der Waals surface area contributed by atoms with Gasteiger partial charge in [0, 0.05) is 5.92 Å². The van der Waals surface area contributed by atoms with Gasteiger partial charge in [-0.25, -0.2) is 8.42 Å². The van der Waals surface area contributed by atoms with Gasteiger partial charge in [0.25, 0.3) is 0 Å². The summed E-state index contributed by atoms with van der Waals surface area (Å²) in [6, 6.07) is 0. The summed E-state index contributed by atoms with van der Waals surface area (Å²) in [6.45, 7) is 6.67. The summed E-state index contributed by atoms with van der Waals surface area (Å²) in [5, 5.41) is -0.366. The van der Waals surface area contributed by atoms with E-state index >= 15 is 0 Å². The first kappa shape index (κ1) is 19.4. The molecule has 0 aromatic carbocycles. The van der Waals surface area contributed by atoms with Crippen LogP contribution >= 0.6 is 0 Å². The molecule has 27 heavy (non-hydrogen) atoms. The Hall–Kier alpha value is -0.900. The lowest BCUT2D eigenvalue weighted by atomic mass is 9.61. The number of hydrogen-bond donors (Lipinski definition) is 0. The number of aldehydes is 1. The molecule has 1 heterocycles. The van der Waals surface area contributed by atoms with Gasteiger partial charge in [0.2, 0.25) is 0 Å². The normalized spacial score (nSPS) is 43.4. The van der Waals surface area contributed by atoms with Crippen molar-refractivity contribution < 1.29 is 13.2 Å². The Morgan fingerprint density at radius 3 is 2.70 bits per heavy atom. The first-order valence-corrected chi connectivity index (χ1v) is 12.6. The lowest BCUT2D eigenvalue weighted by Gasteiger charge is -2.43. The summed E-state index contributed by atoms with van der Waals surface area (Å²) in [6.07, 6.45) is 11.9. The standard InChI is InChI=1S/C23H34O3S/c1-15-6-7-18-14-27(25,26)22(19(18)11-15)12-17-5-4-10-23(3)20(16(2)13-24)8-9-21(17)23/h12-13,15-16,20-22H,4-11,14H2,1-3H3/b17-12+/t15-,16+,20-,21-,22+,23+/m0/s1. The molecule has 2 saturated carbocycles. The smallest absolute Gasteiger partial charge is 0.164 e. The lowest BCUT2D eigenvalue weighted by Crippen LogP contribution is -2.36. The molecule has 0 amide bonds. The van der Waals surface area contributed by atoms with Gasteiger partial charge in [-0.2, -0.15) is 0 Å². The average molecular weight is 391 g/mol. The van der Waals surface area contributed by atoms with Crippen molar-refractivity contribution in [1.82, 2.24) is 0 Å². The zero-order chi connectivity index (χ0) is 19.4. The van der Waals surface area contributed by atoms with Crippen LogP contribution < -0.4 is 0 Å². The molecule has 0 unspecified atom stereocenters. The van der Waals surface area contributed by atoms with E-state index in [9.17, 15) is 13.2 Å². The summed E-state index contributed by atoms with van der Waals surface area (Å²) < 4.78 is 25.9. The molecule has 0 radical (unpaired) electrons. The largest absolute Gasteiger partial charge is 0.303 e. The van der Waals surface area contributed by atoms with Gasteiger partial charge in [-0.1, -0.05) is 38.0 Å². The van der Waals surface area contributed by atoms with Crippen molar-refractivity contribution in [3.8, 4) is 0 Å². The average Bonchev–Trinajstić information content (AvgIpc) is 3.09. The molecule has 3 aliphatic carbocycles. The summed E-state index contributed by atoms with van der Waals surface area (Å²) in [5.74, 6) is 1.88. The van der Waals surface area contributed by atoms with Crippen molar-refractivity contribution in [3.63, 3.8) is 0 Å². The lowest BCUT2D eigenvalue weighted by molar-refractivity contribution is -0.113. The van der Waals surface area contributed by atoms with Crippen LogP contribution in [-0.2, 0) is 14.6 Å². The number of carbonyl (C=O) groups excluding carboxylic acids is 1. The predicted octanol–water partition coefficient (Wildman–Crippen LogP) is 4.88. The zero-order valence-corrected chi connectivity index (χ0v) is 17.9. The van der Waals surface area contributed by atoms with E-state index in [1.165, 1.54) is 23.1 Å². The molecule has 0 N–H and O–H groups in total. The first-order valence-electron chi connectivity index (χ1n) is 10.8. The van der Waals surface area contributed by atoms with E-state index in [1.54, 1.807) is 0 Å². The molecule has 1 aliphatic heterocycles. The quantitative estimate of drug-likeness (QED) is 0.510. The molecule has 0 saturated heterocycles. The van der Waals surface area contributed by atoms with Crippen LogP contribution in [0.5, 0.6) is 0 Å². The van der Waals surface area contributed by atoms with Gasteiger partial charge in [-0.15, -0.1) is 0 Å². The van der Waals surface area contributed by atoms with Gasteiger partial charge >= 0.3 is 0 Å². The summed E-state index contributed by atoms with van der Waals surface area (Å²) in [7, 11) is -3.08. The number of fused-ring (bicyclic) bond motifs is 1. The second-order valence-corrected chi connectivity index (χ2v) is 12.2. The fraction of sp³-hybridized carbons (Fsp3) is 0.783. The van der Waals surface area contributed by atoms with E-state index < -0.39 is 9.84 Å². The Kier molecular flexibility index (Phi) is 4.93. The van der Waals surface area contributed by atoms with Crippen LogP contribution in [0.2, 0.25) is 0 Å². The molecule has 150 valence electrons. The SMILES string of the molecule is C[C@H]1CCC2=C(C1)[C@@H](/C=C1\CCC[C@@]3(C)[C@H]1CC[C@H]3[C@H](C)C=O)S(=O)(=O)C2. The third-order valence-electron chi connectivity index (χ3n) is 8.32. The highest BCUT2D eigenvalue weighted by Crippen LogP contribution is 2.59.